The molecule has 2 heteroatoms. The molecule has 21 heavy (non-hydrogen) atoms. The summed E-state index contributed by atoms with van der Waals surface area (Å²) < 4.78 is 0. The molecule has 2 saturated carbocycles. The maximum absolute atomic E-state index is 3.68. The first-order chi connectivity index (χ1) is 10.0. The minimum atomic E-state index is 0.558. The molecule has 124 valence electrons. The molecule has 0 saturated heterocycles. The Morgan fingerprint density at radius 3 is 2.33 bits per heavy atom. The highest BCUT2D eigenvalue weighted by Gasteiger charge is 2.39. The molecule has 1 N–H and O–H groups in total. The summed E-state index contributed by atoms with van der Waals surface area (Å²) in [5, 5.41) is 3.68. The maximum Gasteiger partial charge on any atom is 0.00966 e. The van der Waals surface area contributed by atoms with Crippen LogP contribution in [0.4, 0.5) is 0 Å². The van der Waals surface area contributed by atoms with Crippen molar-refractivity contribution in [2.75, 3.05) is 26.2 Å². The number of hydrogen-bond acceptors (Lipinski definition) is 2. The maximum atomic E-state index is 3.68. The average molecular weight is 295 g/mol. The number of rotatable bonds is 9. The van der Waals surface area contributed by atoms with Crippen LogP contribution in [0.3, 0.4) is 0 Å². The van der Waals surface area contributed by atoms with Crippen molar-refractivity contribution in [2.45, 2.75) is 78.7 Å². The molecule has 2 aliphatic carbocycles. The molecular formula is C19H38N2. The summed E-state index contributed by atoms with van der Waals surface area (Å²) in [6, 6.07) is 0.918. The highest BCUT2D eigenvalue weighted by molar-refractivity contribution is 4.93. The lowest BCUT2D eigenvalue weighted by Gasteiger charge is -2.43. The summed E-state index contributed by atoms with van der Waals surface area (Å²) in [4.78, 5) is 2.85. The van der Waals surface area contributed by atoms with Gasteiger partial charge in [0.05, 0.1) is 0 Å². The predicted molar refractivity (Wildman–Crippen MR) is 92.7 cm³/mol. The van der Waals surface area contributed by atoms with Crippen molar-refractivity contribution >= 4 is 0 Å². The van der Waals surface area contributed by atoms with E-state index in [2.05, 4.69) is 37.9 Å². The zero-order valence-corrected chi connectivity index (χ0v) is 15.0. The van der Waals surface area contributed by atoms with E-state index in [0.717, 1.165) is 24.4 Å². The van der Waals surface area contributed by atoms with Crippen LogP contribution in [0.25, 0.3) is 0 Å². The van der Waals surface area contributed by atoms with Gasteiger partial charge in [0, 0.05) is 19.1 Å². The van der Waals surface area contributed by atoms with Gasteiger partial charge < -0.3 is 5.32 Å². The first kappa shape index (κ1) is 17.3. The Morgan fingerprint density at radius 2 is 1.81 bits per heavy atom. The molecule has 2 fully saturated rings. The van der Waals surface area contributed by atoms with Crippen LogP contribution in [0.2, 0.25) is 0 Å². The summed E-state index contributed by atoms with van der Waals surface area (Å²) >= 11 is 0. The van der Waals surface area contributed by atoms with Gasteiger partial charge in [0.25, 0.3) is 0 Å². The van der Waals surface area contributed by atoms with E-state index in [1.807, 2.05) is 0 Å². The predicted octanol–water partition coefficient (Wildman–Crippen LogP) is 4.30. The van der Waals surface area contributed by atoms with Crippen LogP contribution >= 0.6 is 0 Å². The van der Waals surface area contributed by atoms with E-state index in [-0.39, 0.29) is 0 Å². The van der Waals surface area contributed by atoms with Crippen LogP contribution in [0.1, 0.15) is 72.6 Å². The van der Waals surface area contributed by atoms with Gasteiger partial charge in [0.2, 0.25) is 0 Å². The van der Waals surface area contributed by atoms with E-state index in [0.29, 0.717) is 5.41 Å². The summed E-state index contributed by atoms with van der Waals surface area (Å²) in [6.07, 6.45) is 10.0. The van der Waals surface area contributed by atoms with E-state index < -0.39 is 0 Å². The number of nitrogens with one attached hydrogen (secondary N) is 1. The van der Waals surface area contributed by atoms with Crippen molar-refractivity contribution in [1.29, 1.82) is 0 Å². The molecule has 0 aromatic rings. The summed E-state index contributed by atoms with van der Waals surface area (Å²) in [5.74, 6) is 1.78. The Labute approximate surface area is 133 Å². The molecule has 0 bridgehead atoms. The Morgan fingerprint density at radius 1 is 1.14 bits per heavy atom. The van der Waals surface area contributed by atoms with Gasteiger partial charge in [-0.2, -0.15) is 0 Å². The topological polar surface area (TPSA) is 15.3 Å². The van der Waals surface area contributed by atoms with E-state index in [1.165, 1.54) is 64.6 Å². The van der Waals surface area contributed by atoms with Crippen LogP contribution in [0.15, 0.2) is 0 Å². The van der Waals surface area contributed by atoms with Crippen molar-refractivity contribution in [3.8, 4) is 0 Å². The van der Waals surface area contributed by atoms with Gasteiger partial charge in [-0.25, -0.2) is 0 Å². The second kappa shape index (κ2) is 7.97. The third-order valence-electron chi connectivity index (χ3n) is 5.68. The van der Waals surface area contributed by atoms with E-state index >= 15 is 0 Å². The molecule has 0 aromatic heterocycles. The summed E-state index contributed by atoms with van der Waals surface area (Å²) in [5.41, 5.74) is 0.558. The van der Waals surface area contributed by atoms with Crippen molar-refractivity contribution in [3.63, 3.8) is 0 Å². The van der Waals surface area contributed by atoms with E-state index in [1.54, 1.807) is 0 Å². The van der Waals surface area contributed by atoms with Crippen LogP contribution in [0.5, 0.6) is 0 Å². The molecule has 0 unspecified atom stereocenters. The standard InChI is InChI=1S/C19H38N2/c1-5-20-14-19(11-8-17(4)9-12-19)15-21(18-6-7-18)13-10-16(2)3/h16-18,20H,5-15H2,1-4H3. The minimum Gasteiger partial charge on any atom is -0.316 e. The molecule has 0 amide bonds. The summed E-state index contributed by atoms with van der Waals surface area (Å²) in [7, 11) is 0. The molecule has 0 atom stereocenters. The normalized spacial score (nSPS) is 30.3. The lowest BCUT2D eigenvalue weighted by atomic mass is 9.70. The van der Waals surface area contributed by atoms with Crippen molar-refractivity contribution in [1.82, 2.24) is 10.2 Å². The molecule has 0 radical (unpaired) electrons. The lowest BCUT2D eigenvalue weighted by Crippen LogP contribution is -2.47. The monoisotopic (exact) mass is 294 g/mol. The Hall–Kier alpha value is -0.0800. The number of hydrogen-bond donors (Lipinski definition) is 1. The SMILES string of the molecule is CCNCC1(CN(CCC(C)C)C2CC2)CCC(C)CC1. The van der Waals surface area contributed by atoms with Crippen molar-refractivity contribution < 1.29 is 0 Å². The molecular weight excluding hydrogens is 256 g/mol. The molecule has 2 aliphatic rings. The van der Waals surface area contributed by atoms with Crippen LogP contribution in [-0.4, -0.2) is 37.1 Å². The molecule has 2 nitrogen and oxygen atoms in total. The largest absolute Gasteiger partial charge is 0.316 e. The van der Waals surface area contributed by atoms with E-state index in [9.17, 15) is 0 Å². The molecule has 0 heterocycles. The average Bonchev–Trinajstić information content (AvgIpc) is 3.29. The van der Waals surface area contributed by atoms with Gasteiger partial charge >= 0.3 is 0 Å². The van der Waals surface area contributed by atoms with Gasteiger partial charge in [-0.1, -0.05) is 40.5 Å². The van der Waals surface area contributed by atoms with Gasteiger partial charge in [-0.05, 0) is 62.4 Å². The zero-order valence-electron chi connectivity index (χ0n) is 15.0. The first-order valence-corrected chi connectivity index (χ1v) is 9.49. The highest BCUT2D eigenvalue weighted by Crippen LogP contribution is 2.41. The molecule has 0 aromatic carbocycles. The minimum absolute atomic E-state index is 0.558. The zero-order chi connectivity index (χ0) is 15.3. The van der Waals surface area contributed by atoms with Gasteiger partial charge in [-0.15, -0.1) is 0 Å². The second-order valence-electron chi connectivity index (χ2n) is 8.35. The van der Waals surface area contributed by atoms with Crippen LogP contribution < -0.4 is 5.32 Å². The van der Waals surface area contributed by atoms with Gasteiger partial charge in [0.1, 0.15) is 0 Å². The third kappa shape index (κ3) is 5.56. The Balaban J connectivity index is 1.94. The second-order valence-corrected chi connectivity index (χ2v) is 8.35. The lowest BCUT2D eigenvalue weighted by molar-refractivity contribution is 0.0799. The van der Waals surface area contributed by atoms with E-state index in [4.69, 9.17) is 0 Å². The fraction of sp³-hybridized carbons (Fsp3) is 1.00. The number of nitrogens with zero attached hydrogens (tertiary/aromatic N) is 1. The highest BCUT2D eigenvalue weighted by atomic mass is 15.2. The smallest absolute Gasteiger partial charge is 0.00966 e. The molecule has 0 spiro atoms. The van der Waals surface area contributed by atoms with Crippen molar-refractivity contribution in [3.05, 3.63) is 0 Å². The fourth-order valence-corrected chi connectivity index (χ4v) is 3.84. The summed E-state index contributed by atoms with van der Waals surface area (Å²) in [6.45, 7) is 14.4. The molecule has 2 rings (SSSR count). The van der Waals surface area contributed by atoms with Crippen LogP contribution in [-0.2, 0) is 0 Å². The first-order valence-electron chi connectivity index (χ1n) is 9.49. The van der Waals surface area contributed by atoms with Gasteiger partial charge in [-0.3, -0.25) is 4.90 Å². The van der Waals surface area contributed by atoms with Gasteiger partial charge in [0.15, 0.2) is 0 Å². The Bertz CT molecular complexity index is 282. The third-order valence-corrected chi connectivity index (χ3v) is 5.68. The fourth-order valence-electron chi connectivity index (χ4n) is 3.84. The van der Waals surface area contributed by atoms with Crippen molar-refractivity contribution in [2.24, 2.45) is 17.3 Å². The Kier molecular flexibility index (Phi) is 6.55. The van der Waals surface area contributed by atoms with Crippen LogP contribution in [0, 0.1) is 17.3 Å². The molecule has 0 aliphatic heterocycles. The quantitative estimate of drug-likeness (QED) is 0.682.